The molecule has 2 fully saturated rings. The monoisotopic (exact) mass is 718 g/mol. The van der Waals surface area contributed by atoms with Crippen LogP contribution >= 0.6 is 0 Å². The van der Waals surface area contributed by atoms with Gasteiger partial charge in [-0.1, -0.05) is 84.9 Å². The molecule has 1 aromatic heterocycles. The lowest BCUT2D eigenvalue weighted by Crippen LogP contribution is -2.51. The molecule has 2 saturated heterocycles. The zero-order chi connectivity index (χ0) is 38.0. The van der Waals surface area contributed by atoms with Crippen molar-refractivity contribution < 1.29 is 28.5 Å². The lowest BCUT2D eigenvalue weighted by molar-refractivity contribution is -0.276. The summed E-state index contributed by atoms with van der Waals surface area (Å²) in [6.07, 6.45) is 0. The Kier molecular flexibility index (Phi) is 10.4. The van der Waals surface area contributed by atoms with Gasteiger partial charge >= 0.3 is 0 Å². The number of aromatic amines is 1. The number of benzene rings is 4. The van der Waals surface area contributed by atoms with E-state index in [2.05, 4.69) is 10.3 Å². The maximum absolute atomic E-state index is 12.9. The third-order valence-corrected chi connectivity index (χ3v) is 9.54. The molecule has 276 valence electrons. The molecule has 0 radical (unpaired) electrons. The standard InChI is InChI=1S/C21H24N2O4.C21H22N2O3/c1-20(2)26-12-21(3,13-27-20)19(25)23-16-11-7-10-15(17(16)18(22)24)14-8-5-4-6-9-14;1-20(2)25-12-21(3,13-26-20)19-22-16-11-7-10-15(17(16)18(24)23-19)14-8-5-4-6-9-14/h4-11H,12-13H2,1-3H3,(H2,22,24)(H,23,25);4-11H,12-13H2,1-3H3,(H,22,23,24). The number of hydrogen-bond donors (Lipinski definition) is 3. The van der Waals surface area contributed by atoms with Crippen LogP contribution in [-0.2, 0) is 29.2 Å². The number of nitrogens with zero attached hydrogens (tertiary/aromatic N) is 1. The Balaban J connectivity index is 0.000000181. The quantitative estimate of drug-likeness (QED) is 0.173. The van der Waals surface area contributed by atoms with E-state index in [0.29, 0.717) is 41.2 Å². The fourth-order valence-electron chi connectivity index (χ4n) is 6.15. The Bertz CT molecular complexity index is 2160. The number of ether oxygens (including phenoxy) is 4. The fourth-order valence-corrected chi connectivity index (χ4v) is 6.15. The minimum absolute atomic E-state index is 0.143. The predicted octanol–water partition coefficient (Wildman–Crippen LogP) is 6.81. The highest BCUT2D eigenvalue weighted by molar-refractivity contribution is 6.09. The van der Waals surface area contributed by atoms with Gasteiger partial charge in [0.2, 0.25) is 5.91 Å². The Morgan fingerprint density at radius 2 is 1.19 bits per heavy atom. The molecule has 11 nitrogen and oxygen atoms in total. The molecule has 0 aliphatic carbocycles. The molecule has 0 bridgehead atoms. The van der Waals surface area contributed by atoms with Crippen molar-refractivity contribution in [1.29, 1.82) is 0 Å². The van der Waals surface area contributed by atoms with Crippen molar-refractivity contribution >= 4 is 28.4 Å². The van der Waals surface area contributed by atoms with Crippen LogP contribution in [0.15, 0.2) is 102 Å². The predicted molar refractivity (Wildman–Crippen MR) is 204 cm³/mol. The summed E-state index contributed by atoms with van der Waals surface area (Å²) in [5.41, 5.74) is 8.85. The molecule has 5 aromatic rings. The molecule has 0 atom stereocenters. The Labute approximate surface area is 308 Å². The molecule has 2 aliphatic rings. The molecule has 2 amide bonds. The van der Waals surface area contributed by atoms with Crippen molar-refractivity contribution in [2.45, 2.75) is 58.5 Å². The number of amides is 2. The number of hydrogen-bond acceptors (Lipinski definition) is 8. The van der Waals surface area contributed by atoms with E-state index in [1.807, 2.05) is 106 Å². The van der Waals surface area contributed by atoms with Crippen molar-refractivity contribution in [1.82, 2.24) is 9.97 Å². The summed E-state index contributed by atoms with van der Waals surface area (Å²) in [6, 6.07) is 30.3. The fraction of sp³-hybridized carbons (Fsp3) is 0.333. The molecule has 3 heterocycles. The van der Waals surface area contributed by atoms with Crippen LogP contribution in [0.4, 0.5) is 5.69 Å². The van der Waals surface area contributed by atoms with Crippen LogP contribution in [0.25, 0.3) is 33.2 Å². The molecule has 2 aliphatic heterocycles. The second kappa shape index (κ2) is 14.7. The van der Waals surface area contributed by atoms with E-state index in [0.717, 1.165) is 16.7 Å². The van der Waals surface area contributed by atoms with Gasteiger partial charge in [-0.25, -0.2) is 4.98 Å². The van der Waals surface area contributed by atoms with Gasteiger partial charge in [0.25, 0.3) is 11.5 Å². The number of primary amides is 1. The second-order valence-electron chi connectivity index (χ2n) is 15.0. The van der Waals surface area contributed by atoms with Crippen LogP contribution in [0.3, 0.4) is 0 Å². The number of nitrogens with one attached hydrogen (secondary N) is 2. The molecule has 11 heteroatoms. The molecule has 4 aromatic carbocycles. The summed E-state index contributed by atoms with van der Waals surface area (Å²) in [5, 5.41) is 3.44. The number of carbonyl (C=O) groups is 2. The van der Waals surface area contributed by atoms with Gasteiger partial charge in [-0.2, -0.15) is 0 Å². The summed E-state index contributed by atoms with van der Waals surface area (Å²) >= 11 is 0. The van der Waals surface area contributed by atoms with E-state index < -0.39 is 28.3 Å². The highest BCUT2D eigenvalue weighted by Crippen LogP contribution is 2.35. The number of nitrogens with two attached hydrogens (primary N) is 1. The van der Waals surface area contributed by atoms with Gasteiger partial charge < -0.3 is 35.0 Å². The number of H-pyrrole nitrogens is 1. The van der Waals surface area contributed by atoms with Gasteiger partial charge in [0.05, 0.1) is 59.4 Å². The average molecular weight is 719 g/mol. The van der Waals surface area contributed by atoms with E-state index in [1.54, 1.807) is 32.9 Å². The van der Waals surface area contributed by atoms with Gasteiger partial charge in [0.15, 0.2) is 11.6 Å². The summed E-state index contributed by atoms with van der Waals surface area (Å²) < 4.78 is 22.9. The first-order valence-electron chi connectivity index (χ1n) is 17.5. The summed E-state index contributed by atoms with van der Waals surface area (Å²) in [6.45, 7) is 12.4. The van der Waals surface area contributed by atoms with E-state index >= 15 is 0 Å². The molecule has 0 saturated carbocycles. The molecule has 53 heavy (non-hydrogen) atoms. The summed E-state index contributed by atoms with van der Waals surface area (Å²) in [4.78, 5) is 45.7. The highest BCUT2D eigenvalue weighted by atomic mass is 16.7. The van der Waals surface area contributed by atoms with Crippen molar-refractivity contribution in [3.63, 3.8) is 0 Å². The summed E-state index contributed by atoms with van der Waals surface area (Å²) in [5.74, 6) is -1.63. The molecular weight excluding hydrogens is 672 g/mol. The lowest BCUT2D eigenvalue weighted by Gasteiger charge is -2.40. The zero-order valence-electron chi connectivity index (χ0n) is 30.9. The average Bonchev–Trinajstić information content (AvgIpc) is 3.15. The van der Waals surface area contributed by atoms with Crippen molar-refractivity contribution in [2.24, 2.45) is 11.1 Å². The SMILES string of the molecule is CC1(C)OCC(C)(C(=O)Nc2cccc(-c3ccccc3)c2C(N)=O)CO1.CC1(C)OCC(C)(c2nc3cccc(-c4ccccc4)c3c(=O)[nH]2)CO1. The first-order chi connectivity index (χ1) is 25.1. The molecule has 7 rings (SSSR count). The first kappa shape index (κ1) is 37.6. The third-order valence-electron chi connectivity index (χ3n) is 9.54. The van der Waals surface area contributed by atoms with Gasteiger partial charge in [0.1, 0.15) is 5.82 Å². The number of fused-ring (bicyclic) bond motifs is 1. The first-order valence-corrected chi connectivity index (χ1v) is 17.5. The largest absolute Gasteiger partial charge is 0.366 e. The minimum Gasteiger partial charge on any atom is -0.366 e. The van der Waals surface area contributed by atoms with Crippen molar-refractivity contribution in [2.75, 3.05) is 31.7 Å². The van der Waals surface area contributed by atoms with E-state index in [4.69, 9.17) is 29.7 Å². The van der Waals surface area contributed by atoms with Gasteiger partial charge in [-0.15, -0.1) is 0 Å². The number of carbonyl (C=O) groups excluding carboxylic acids is 2. The van der Waals surface area contributed by atoms with E-state index in [9.17, 15) is 14.4 Å². The number of anilines is 1. The third kappa shape index (κ3) is 8.23. The van der Waals surface area contributed by atoms with Crippen LogP contribution in [0.2, 0.25) is 0 Å². The van der Waals surface area contributed by atoms with Crippen LogP contribution in [-0.4, -0.2) is 59.8 Å². The minimum atomic E-state index is -0.868. The number of rotatable bonds is 6. The second-order valence-corrected chi connectivity index (χ2v) is 15.0. The van der Waals surface area contributed by atoms with Crippen LogP contribution in [0.1, 0.15) is 57.7 Å². The van der Waals surface area contributed by atoms with Crippen LogP contribution in [0.5, 0.6) is 0 Å². The van der Waals surface area contributed by atoms with E-state index in [1.165, 1.54) is 0 Å². The molecule has 0 unspecified atom stereocenters. The normalized spacial score (nSPS) is 18.3. The highest BCUT2D eigenvalue weighted by Gasteiger charge is 2.43. The maximum atomic E-state index is 12.9. The summed E-state index contributed by atoms with van der Waals surface area (Å²) in [7, 11) is 0. The van der Waals surface area contributed by atoms with Gasteiger partial charge in [0, 0.05) is 0 Å². The van der Waals surface area contributed by atoms with Crippen LogP contribution in [0, 0.1) is 5.41 Å². The Morgan fingerprint density at radius 3 is 1.75 bits per heavy atom. The molecule has 4 N–H and O–H groups in total. The maximum Gasteiger partial charge on any atom is 0.259 e. The van der Waals surface area contributed by atoms with E-state index in [-0.39, 0.29) is 30.2 Å². The van der Waals surface area contributed by atoms with Crippen LogP contribution < -0.4 is 16.6 Å². The Hall–Kier alpha value is -5.20. The number of aromatic nitrogens is 2. The Morgan fingerprint density at radius 1 is 0.679 bits per heavy atom. The lowest BCUT2D eigenvalue weighted by atomic mass is 9.89. The molecule has 0 spiro atoms. The topological polar surface area (TPSA) is 155 Å². The van der Waals surface area contributed by atoms with Gasteiger partial charge in [-0.05, 0) is 75.9 Å². The smallest absolute Gasteiger partial charge is 0.259 e. The van der Waals surface area contributed by atoms with Gasteiger partial charge in [-0.3, -0.25) is 14.4 Å². The zero-order valence-corrected chi connectivity index (χ0v) is 30.9. The van der Waals surface area contributed by atoms with Crippen molar-refractivity contribution in [3.05, 3.63) is 119 Å². The van der Waals surface area contributed by atoms with Crippen molar-refractivity contribution in [3.8, 4) is 22.3 Å². The molecular formula is C42H46N4O7.